The van der Waals surface area contributed by atoms with Gasteiger partial charge < -0.3 is 14.6 Å². The second-order valence-electron chi connectivity index (χ2n) is 4.95. The molecule has 0 aromatic carbocycles. The highest BCUT2D eigenvalue weighted by molar-refractivity contribution is 9.10. The molecule has 3 heterocycles. The van der Waals surface area contributed by atoms with E-state index < -0.39 is 0 Å². The number of carbonyl (C=O) groups is 1. The number of fused-ring (bicyclic) bond motifs is 1. The first-order chi connectivity index (χ1) is 9.79. The molecule has 0 radical (unpaired) electrons. The normalized spacial score (nSPS) is 16.6. The molecule has 2 aromatic rings. The molecular formula is C14H17BrN4O. The lowest BCUT2D eigenvalue weighted by molar-refractivity contribution is 0.112. The van der Waals surface area contributed by atoms with Gasteiger partial charge in [-0.05, 0) is 28.1 Å². The smallest absolute Gasteiger partial charge is 0.170 e. The van der Waals surface area contributed by atoms with Crippen LogP contribution in [0, 0.1) is 0 Å². The average molecular weight is 337 g/mol. The van der Waals surface area contributed by atoms with Crippen LogP contribution in [-0.2, 0) is 6.42 Å². The Bertz CT molecular complexity index is 619. The number of nitrogens with zero attached hydrogens (tertiary/aromatic N) is 3. The zero-order valence-electron chi connectivity index (χ0n) is 11.2. The van der Waals surface area contributed by atoms with Gasteiger partial charge in [0.2, 0.25) is 0 Å². The number of aromatic nitrogens is 2. The van der Waals surface area contributed by atoms with Gasteiger partial charge in [-0.2, -0.15) is 0 Å². The number of rotatable bonds is 4. The summed E-state index contributed by atoms with van der Waals surface area (Å²) in [6, 6.07) is 3.89. The van der Waals surface area contributed by atoms with Gasteiger partial charge in [0.25, 0.3) is 0 Å². The van der Waals surface area contributed by atoms with Crippen LogP contribution in [-0.4, -0.2) is 53.3 Å². The van der Waals surface area contributed by atoms with Gasteiger partial charge >= 0.3 is 0 Å². The van der Waals surface area contributed by atoms with E-state index in [2.05, 4.69) is 31.1 Å². The Morgan fingerprint density at radius 3 is 2.95 bits per heavy atom. The van der Waals surface area contributed by atoms with Crippen LogP contribution < -0.4 is 5.32 Å². The highest BCUT2D eigenvalue weighted by Gasteiger charge is 2.15. The topological polar surface area (TPSA) is 49.6 Å². The fourth-order valence-electron chi connectivity index (χ4n) is 2.64. The third-order valence-corrected chi connectivity index (χ3v) is 4.33. The average Bonchev–Trinajstić information content (AvgIpc) is 2.86. The van der Waals surface area contributed by atoms with Crippen LogP contribution in [0.1, 0.15) is 16.3 Å². The number of halogens is 1. The van der Waals surface area contributed by atoms with Crippen molar-refractivity contribution in [2.24, 2.45) is 0 Å². The molecule has 0 unspecified atom stereocenters. The van der Waals surface area contributed by atoms with E-state index in [9.17, 15) is 4.79 Å². The third-order valence-electron chi connectivity index (χ3n) is 3.69. The minimum atomic E-state index is 0.507. The van der Waals surface area contributed by atoms with E-state index in [1.165, 1.54) is 0 Å². The van der Waals surface area contributed by atoms with Gasteiger partial charge in [-0.25, -0.2) is 4.98 Å². The Labute approximate surface area is 126 Å². The lowest BCUT2D eigenvalue weighted by Gasteiger charge is -2.26. The summed E-state index contributed by atoms with van der Waals surface area (Å²) in [7, 11) is 0. The maximum Gasteiger partial charge on any atom is 0.170 e. The van der Waals surface area contributed by atoms with E-state index in [-0.39, 0.29) is 0 Å². The van der Waals surface area contributed by atoms with Gasteiger partial charge in [0.15, 0.2) is 6.29 Å². The van der Waals surface area contributed by atoms with E-state index in [4.69, 9.17) is 0 Å². The van der Waals surface area contributed by atoms with Crippen molar-refractivity contribution in [1.82, 2.24) is 19.6 Å². The van der Waals surface area contributed by atoms with E-state index in [1.54, 1.807) is 0 Å². The van der Waals surface area contributed by atoms with E-state index in [1.807, 2.05) is 22.7 Å². The van der Waals surface area contributed by atoms with Crippen LogP contribution in [0.25, 0.3) is 5.52 Å². The van der Waals surface area contributed by atoms with Crippen LogP contribution >= 0.6 is 15.9 Å². The van der Waals surface area contributed by atoms with Gasteiger partial charge in [-0.1, -0.05) is 0 Å². The number of nitrogens with one attached hydrogen (secondary N) is 1. The lowest BCUT2D eigenvalue weighted by Crippen LogP contribution is -2.44. The van der Waals surface area contributed by atoms with E-state index >= 15 is 0 Å². The molecular weight excluding hydrogens is 320 g/mol. The van der Waals surface area contributed by atoms with Crippen LogP contribution in [0.15, 0.2) is 22.8 Å². The fourth-order valence-corrected chi connectivity index (χ4v) is 3.19. The quantitative estimate of drug-likeness (QED) is 0.856. The van der Waals surface area contributed by atoms with Gasteiger partial charge in [0, 0.05) is 49.8 Å². The van der Waals surface area contributed by atoms with Gasteiger partial charge in [0.05, 0.1) is 5.52 Å². The number of hydrogen-bond donors (Lipinski definition) is 1. The monoisotopic (exact) mass is 336 g/mol. The van der Waals surface area contributed by atoms with Crippen molar-refractivity contribution in [2.75, 3.05) is 32.7 Å². The summed E-state index contributed by atoms with van der Waals surface area (Å²) in [4.78, 5) is 18.1. The first kappa shape index (κ1) is 13.7. The number of imidazole rings is 1. The van der Waals surface area contributed by atoms with Gasteiger partial charge in [0.1, 0.15) is 11.5 Å². The SMILES string of the molecule is O=Cc1nc(CCN2CCNCC2)n2cccc(Br)c12. The molecule has 0 bridgehead atoms. The molecule has 0 spiro atoms. The minimum absolute atomic E-state index is 0.507. The third kappa shape index (κ3) is 2.63. The molecule has 0 saturated carbocycles. The van der Waals surface area contributed by atoms with Gasteiger partial charge in [-0.15, -0.1) is 0 Å². The summed E-state index contributed by atoms with van der Waals surface area (Å²) in [5, 5.41) is 3.35. The molecule has 106 valence electrons. The Morgan fingerprint density at radius 2 is 2.20 bits per heavy atom. The van der Waals surface area contributed by atoms with Crippen LogP contribution in [0.2, 0.25) is 0 Å². The molecule has 2 aromatic heterocycles. The van der Waals surface area contributed by atoms with Crippen LogP contribution in [0.4, 0.5) is 0 Å². The summed E-state index contributed by atoms with van der Waals surface area (Å²) in [6.07, 6.45) is 3.65. The van der Waals surface area contributed by atoms with Crippen molar-refractivity contribution in [3.63, 3.8) is 0 Å². The molecule has 1 saturated heterocycles. The number of pyridine rings is 1. The predicted molar refractivity (Wildman–Crippen MR) is 81.3 cm³/mol. The largest absolute Gasteiger partial charge is 0.314 e. The van der Waals surface area contributed by atoms with Crippen LogP contribution in [0.5, 0.6) is 0 Å². The Kier molecular flexibility index (Phi) is 4.14. The maximum atomic E-state index is 11.2. The number of aldehydes is 1. The molecule has 0 amide bonds. The molecule has 1 N–H and O–H groups in total. The summed E-state index contributed by atoms with van der Waals surface area (Å²) in [5.41, 5.74) is 1.37. The predicted octanol–water partition coefficient (Wildman–Crippen LogP) is 1.36. The fraction of sp³-hybridized carbons (Fsp3) is 0.429. The second kappa shape index (κ2) is 6.03. The van der Waals surface area contributed by atoms with Crippen molar-refractivity contribution in [3.8, 4) is 0 Å². The standard InChI is InChI=1S/C14H17BrN4O/c15-11-2-1-6-19-13(17-12(10-20)14(11)19)3-7-18-8-4-16-5-9-18/h1-2,6,10,16H,3-5,7-9H2. The number of hydrogen-bond acceptors (Lipinski definition) is 4. The molecule has 0 aliphatic carbocycles. The molecule has 3 rings (SSSR count). The van der Waals surface area contributed by atoms with Crippen molar-refractivity contribution in [1.29, 1.82) is 0 Å². The molecule has 6 heteroatoms. The minimum Gasteiger partial charge on any atom is -0.314 e. The van der Waals surface area contributed by atoms with Crippen LogP contribution in [0.3, 0.4) is 0 Å². The molecule has 20 heavy (non-hydrogen) atoms. The summed E-state index contributed by atoms with van der Waals surface area (Å²) in [5.74, 6) is 0.946. The van der Waals surface area contributed by atoms with Crippen molar-refractivity contribution in [2.45, 2.75) is 6.42 Å². The Balaban J connectivity index is 1.84. The first-order valence-corrected chi connectivity index (χ1v) is 7.62. The Morgan fingerprint density at radius 1 is 1.40 bits per heavy atom. The molecule has 1 aliphatic rings. The number of piperazine rings is 1. The maximum absolute atomic E-state index is 11.2. The molecule has 0 atom stereocenters. The summed E-state index contributed by atoms with van der Waals surface area (Å²) in [6.45, 7) is 5.23. The van der Waals surface area contributed by atoms with Gasteiger partial charge in [-0.3, -0.25) is 4.79 Å². The summed E-state index contributed by atoms with van der Waals surface area (Å²) < 4.78 is 2.92. The molecule has 1 aliphatic heterocycles. The lowest BCUT2D eigenvalue weighted by atomic mass is 10.3. The zero-order chi connectivity index (χ0) is 13.9. The van der Waals surface area contributed by atoms with E-state index in [0.717, 1.165) is 61.2 Å². The van der Waals surface area contributed by atoms with Crippen molar-refractivity contribution in [3.05, 3.63) is 34.3 Å². The second-order valence-corrected chi connectivity index (χ2v) is 5.80. The Hall–Kier alpha value is -1.24. The molecule has 1 fully saturated rings. The summed E-state index contributed by atoms with van der Waals surface area (Å²) >= 11 is 3.49. The van der Waals surface area contributed by atoms with Crippen molar-refractivity contribution < 1.29 is 4.79 Å². The van der Waals surface area contributed by atoms with E-state index in [0.29, 0.717) is 5.69 Å². The highest BCUT2D eigenvalue weighted by Crippen LogP contribution is 2.22. The van der Waals surface area contributed by atoms with Crippen molar-refractivity contribution >= 4 is 27.7 Å². The zero-order valence-corrected chi connectivity index (χ0v) is 12.8. The molecule has 5 nitrogen and oxygen atoms in total. The number of carbonyl (C=O) groups excluding carboxylic acids is 1. The first-order valence-electron chi connectivity index (χ1n) is 6.83. The highest BCUT2D eigenvalue weighted by atomic mass is 79.9.